The molecule has 0 radical (unpaired) electrons. The Kier molecular flexibility index (Phi) is 6.29. The molecule has 5 nitrogen and oxygen atoms in total. The average Bonchev–Trinajstić information content (AvgIpc) is 2.36. The van der Waals surface area contributed by atoms with Crippen LogP contribution in [0.15, 0.2) is 24.3 Å². The molecule has 1 aromatic rings. The molecule has 8 heteroatoms. The van der Waals surface area contributed by atoms with Gasteiger partial charge in [-0.25, -0.2) is 4.79 Å². The lowest BCUT2D eigenvalue weighted by molar-refractivity contribution is -0.153. The van der Waals surface area contributed by atoms with Gasteiger partial charge in [-0.05, 0) is 25.5 Å². The first-order valence-electron chi connectivity index (χ1n) is 6.28. The number of benzene rings is 1. The largest absolute Gasteiger partial charge is 0.484 e. The lowest BCUT2D eigenvalue weighted by atomic mass is 10.2. The van der Waals surface area contributed by atoms with Gasteiger partial charge in [0.1, 0.15) is 5.75 Å². The Morgan fingerprint density at radius 1 is 1.43 bits per heavy atom. The molecule has 21 heavy (non-hydrogen) atoms. The Labute approximate surface area is 120 Å². The summed E-state index contributed by atoms with van der Waals surface area (Å²) in [5.41, 5.74) is 0.309. The second-order valence-corrected chi connectivity index (χ2v) is 4.44. The van der Waals surface area contributed by atoms with E-state index in [-0.39, 0.29) is 18.4 Å². The van der Waals surface area contributed by atoms with E-state index in [1.807, 2.05) is 0 Å². The summed E-state index contributed by atoms with van der Waals surface area (Å²) in [7, 11) is 0. The number of urea groups is 1. The van der Waals surface area contributed by atoms with Crippen LogP contribution >= 0.6 is 0 Å². The number of hydrogen-bond donors (Lipinski definition) is 3. The molecule has 0 aromatic heterocycles. The molecule has 0 saturated carbocycles. The fourth-order valence-corrected chi connectivity index (χ4v) is 1.49. The van der Waals surface area contributed by atoms with E-state index >= 15 is 0 Å². The summed E-state index contributed by atoms with van der Waals surface area (Å²) in [6.45, 7) is 0.275. The van der Waals surface area contributed by atoms with Gasteiger partial charge < -0.3 is 20.5 Å². The molecule has 1 rings (SSSR count). The van der Waals surface area contributed by atoms with Crippen molar-refractivity contribution in [2.75, 3.05) is 18.5 Å². The molecular weight excluding hydrogens is 289 g/mol. The number of carbonyl (C=O) groups is 1. The van der Waals surface area contributed by atoms with Crippen LogP contribution in [-0.4, -0.2) is 36.6 Å². The fraction of sp³-hybridized carbons (Fsp3) is 0.462. The number of aliphatic hydroxyl groups is 1. The number of alkyl halides is 3. The maximum atomic E-state index is 12.0. The van der Waals surface area contributed by atoms with Crippen molar-refractivity contribution >= 4 is 11.7 Å². The topological polar surface area (TPSA) is 70.6 Å². The number of amides is 2. The maximum Gasteiger partial charge on any atom is 0.422 e. The average molecular weight is 306 g/mol. The van der Waals surface area contributed by atoms with Crippen molar-refractivity contribution in [2.24, 2.45) is 0 Å². The Bertz CT molecular complexity index is 466. The standard InChI is InChI=1S/C13H17F3N2O3/c1-9(5-6-19)17-12(20)18-10-3-2-4-11(7-10)21-8-13(14,15)16/h2-4,7,9,19H,5-6,8H2,1H3,(H2,17,18,20)/t9-/m1/s1. The molecule has 0 aliphatic rings. The molecule has 0 spiro atoms. The number of rotatable bonds is 6. The van der Waals surface area contributed by atoms with Crippen molar-refractivity contribution in [2.45, 2.75) is 25.6 Å². The van der Waals surface area contributed by atoms with Crippen LogP contribution in [0.25, 0.3) is 0 Å². The van der Waals surface area contributed by atoms with Crippen LogP contribution in [0, 0.1) is 0 Å². The van der Waals surface area contributed by atoms with Crippen LogP contribution in [0.2, 0.25) is 0 Å². The van der Waals surface area contributed by atoms with Crippen LogP contribution in [0.1, 0.15) is 13.3 Å². The molecule has 3 N–H and O–H groups in total. The first-order chi connectivity index (χ1) is 9.80. The highest BCUT2D eigenvalue weighted by molar-refractivity contribution is 5.89. The Hall–Kier alpha value is -1.96. The van der Waals surface area contributed by atoms with Crippen LogP contribution < -0.4 is 15.4 Å². The lowest BCUT2D eigenvalue weighted by Gasteiger charge is -2.14. The monoisotopic (exact) mass is 306 g/mol. The van der Waals surface area contributed by atoms with Crippen molar-refractivity contribution in [1.82, 2.24) is 5.32 Å². The second kappa shape index (κ2) is 7.72. The number of halogens is 3. The highest BCUT2D eigenvalue weighted by atomic mass is 19.4. The number of hydrogen-bond acceptors (Lipinski definition) is 3. The summed E-state index contributed by atoms with van der Waals surface area (Å²) in [5.74, 6) is 0.00790. The zero-order chi connectivity index (χ0) is 15.9. The van der Waals surface area contributed by atoms with Gasteiger partial charge in [-0.1, -0.05) is 6.07 Å². The molecule has 0 unspecified atom stereocenters. The SMILES string of the molecule is C[C@H](CCO)NC(=O)Nc1cccc(OCC(F)(F)F)c1. The zero-order valence-corrected chi connectivity index (χ0v) is 11.4. The molecule has 0 saturated heterocycles. The smallest absolute Gasteiger partial charge is 0.422 e. The summed E-state index contributed by atoms with van der Waals surface area (Å²) in [4.78, 5) is 11.6. The Morgan fingerprint density at radius 3 is 2.76 bits per heavy atom. The van der Waals surface area contributed by atoms with Gasteiger partial charge in [-0.2, -0.15) is 13.2 Å². The molecule has 1 atom stereocenters. The fourth-order valence-electron chi connectivity index (χ4n) is 1.49. The van der Waals surface area contributed by atoms with Gasteiger partial charge in [0, 0.05) is 24.4 Å². The Morgan fingerprint density at radius 2 is 2.14 bits per heavy atom. The number of aliphatic hydroxyl groups excluding tert-OH is 1. The van der Waals surface area contributed by atoms with E-state index in [4.69, 9.17) is 5.11 Å². The van der Waals surface area contributed by atoms with Gasteiger partial charge in [-0.15, -0.1) is 0 Å². The Balaban J connectivity index is 2.54. The molecule has 0 heterocycles. The predicted molar refractivity (Wildman–Crippen MR) is 71.3 cm³/mol. The first kappa shape index (κ1) is 17.1. The van der Waals surface area contributed by atoms with Gasteiger partial charge in [0.05, 0.1) is 0 Å². The van der Waals surface area contributed by atoms with Crippen molar-refractivity contribution in [3.05, 3.63) is 24.3 Å². The summed E-state index contributed by atoms with van der Waals surface area (Å²) < 4.78 is 40.7. The molecular formula is C13H17F3N2O3. The van der Waals surface area contributed by atoms with Crippen LogP contribution in [0.5, 0.6) is 5.75 Å². The van der Waals surface area contributed by atoms with Crippen LogP contribution in [-0.2, 0) is 0 Å². The van der Waals surface area contributed by atoms with E-state index in [1.165, 1.54) is 24.3 Å². The number of ether oxygens (including phenoxy) is 1. The number of carbonyl (C=O) groups excluding carboxylic acids is 1. The zero-order valence-electron chi connectivity index (χ0n) is 11.4. The van der Waals surface area contributed by atoms with E-state index in [0.29, 0.717) is 12.1 Å². The molecule has 1 aromatic carbocycles. The van der Waals surface area contributed by atoms with Crippen molar-refractivity contribution < 1.29 is 27.8 Å². The molecule has 0 aliphatic heterocycles. The second-order valence-electron chi connectivity index (χ2n) is 4.44. The third-order valence-corrected chi connectivity index (χ3v) is 2.43. The summed E-state index contributed by atoms with van der Waals surface area (Å²) in [6, 6.07) is 4.92. The van der Waals surface area contributed by atoms with E-state index in [1.54, 1.807) is 6.92 Å². The van der Waals surface area contributed by atoms with E-state index in [2.05, 4.69) is 15.4 Å². The molecule has 0 fully saturated rings. The van der Waals surface area contributed by atoms with Gasteiger partial charge in [0.2, 0.25) is 0 Å². The third kappa shape index (κ3) is 7.40. The molecule has 118 valence electrons. The minimum absolute atomic E-state index is 0.00790. The van der Waals surface area contributed by atoms with E-state index in [9.17, 15) is 18.0 Å². The number of anilines is 1. The quantitative estimate of drug-likeness (QED) is 0.756. The molecule has 0 aliphatic carbocycles. The van der Waals surface area contributed by atoms with Gasteiger partial charge in [-0.3, -0.25) is 0 Å². The molecule has 2 amide bonds. The summed E-state index contributed by atoms with van der Waals surface area (Å²) >= 11 is 0. The minimum atomic E-state index is -4.42. The van der Waals surface area contributed by atoms with Gasteiger partial charge in [0.25, 0.3) is 0 Å². The highest BCUT2D eigenvalue weighted by Crippen LogP contribution is 2.21. The van der Waals surface area contributed by atoms with Gasteiger partial charge >= 0.3 is 12.2 Å². The molecule has 0 bridgehead atoms. The van der Waals surface area contributed by atoms with E-state index in [0.717, 1.165) is 0 Å². The lowest BCUT2D eigenvalue weighted by Crippen LogP contribution is -2.36. The third-order valence-electron chi connectivity index (χ3n) is 2.43. The maximum absolute atomic E-state index is 12.0. The van der Waals surface area contributed by atoms with Crippen molar-refractivity contribution in [3.63, 3.8) is 0 Å². The van der Waals surface area contributed by atoms with Crippen molar-refractivity contribution in [3.8, 4) is 5.75 Å². The highest BCUT2D eigenvalue weighted by Gasteiger charge is 2.28. The van der Waals surface area contributed by atoms with Crippen molar-refractivity contribution in [1.29, 1.82) is 0 Å². The first-order valence-corrected chi connectivity index (χ1v) is 6.28. The van der Waals surface area contributed by atoms with Gasteiger partial charge in [0.15, 0.2) is 6.61 Å². The predicted octanol–water partition coefficient (Wildman–Crippen LogP) is 2.52. The summed E-state index contributed by atoms with van der Waals surface area (Å²) in [6.07, 6.45) is -4.01. The van der Waals surface area contributed by atoms with Crippen LogP contribution in [0.3, 0.4) is 0 Å². The normalized spacial score (nSPS) is 12.6. The van der Waals surface area contributed by atoms with Crippen LogP contribution in [0.4, 0.5) is 23.7 Å². The van der Waals surface area contributed by atoms with E-state index < -0.39 is 18.8 Å². The number of nitrogens with one attached hydrogen (secondary N) is 2. The summed E-state index contributed by atoms with van der Waals surface area (Å²) in [5, 5.41) is 13.8. The minimum Gasteiger partial charge on any atom is -0.484 e.